The van der Waals surface area contributed by atoms with Crippen LogP contribution < -0.4 is 4.57 Å². The van der Waals surface area contributed by atoms with Gasteiger partial charge in [0.15, 0.2) is 6.54 Å². The number of hydrogen-bond donors (Lipinski definition) is 0. The van der Waals surface area contributed by atoms with Crippen LogP contribution in [0.5, 0.6) is 0 Å². The number of benzene rings is 3. The molecule has 6 nitrogen and oxygen atoms in total. The Kier molecular flexibility index (Phi) is 4.38. The summed E-state index contributed by atoms with van der Waals surface area (Å²) in [4.78, 5) is 0. The zero-order chi connectivity index (χ0) is 20.9. The molecule has 152 valence electrons. The van der Waals surface area contributed by atoms with E-state index in [1.165, 1.54) is 0 Å². The van der Waals surface area contributed by atoms with E-state index in [4.69, 9.17) is 8.83 Å². The molecule has 2 aromatic heterocycles. The fraction of sp³-hybridized carbons (Fsp3) is 0.174. The highest BCUT2D eigenvalue weighted by Gasteiger charge is 2.26. The van der Waals surface area contributed by atoms with Gasteiger partial charge < -0.3 is 13.4 Å². The first kappa shape index (κ1) is 18.8. The molecule has 0 bridgehead atoms. The van der Waals surface area contributed by atoms with E-state index in [2.05, 4.69) is 0 Å². The first-order valence-electron chi connectivity index (χ1n) is 9.66. The maximum absolute atomic E-state index is 11.9. The molecule has 0 fully saturated rings. The van der Waals surface area contributed by atoms with E-state index >= 15 is 0 Å². The molecule has 1 unspecified atom stereocenters. The third kappa shape index (κ3) is 3.16. The molecule has 0 N–H and O–H groups in total. The van der Waals surface area contributed by atoms with Gasteiger partial charge in [-0.2, -0.15) is 4.57 Å². The van der Waals surface area contributed by atoms with Crippen molar-refractivity contribution < 1.29 is 26.4 Å². The Labute approximate surface area is 173 Å². The molecule has 0 aliphatic heterocycles. The fourth-order valence-electron chi connectivity index (χ4n) is 4.09. The van der Waals surface area contributed by atoms with E-state index in [9.17, 15) is 13.0 Å². The average molecular weight is 421 g/mol. The van der Waals surface area contributed by atoms with Gasteiger partial charge in [0.1, 0.15) is 21.3 Å². The van der Waals surface area contributed by atoms with Crippen LogP contribution in [-0.2, 0) is 16.7 Å². The second kappa shape index (κ2) is 6.97. The first-order chi connectivity index (χ1) is 14.4. The zero-order valence-electron chi connectivity index (χ0n) is 16.2. The van der Waals surface area contributed by atoms with Gasteiger partial charge in [-0.15, -0.1) is 0 Å². The third-order valence-electron chi connectivity index (χ3n) is 5.52. The highest BCUT2D eigenvalue weighted by molar-refractivity contribution is 7.86. The Morgan fingerprint density at radius 2 is 1.63 bits per heavy atom. The van der Waals surface area contributed by atoms with Gasteiger partial charge in [-0.05, 0) is 17.7 Å². The fourth-order valence-corrected chi connectivity index (χ4v) is 4.97. The Hall–Kier alpha value is -3.16. The molecule has 0 saturated heterocycles. The Morgan fingerprint density at radius 3 is 2.40 bits per heavy atom. The van der Waals surface area contributed by atoms with E-state index in [1.807, 2.05) is 47.9 Å². The smallest absolute Gasteiger partial charge is 0.344 e. The summed E-state index contributed by atoms with van der Waals surface area (Å²) in [5.74, 6) is 0.636. The lowest BCUT2D eigenvalue weighted by atomic mass is 10.1. The number of nitrogens with zero attached hydrogens (tertiary/aromatic N) is 1. The summed E-state index contributed by atoms with van der Waals surface area (Å²) in [6.07, 6.45) is 0.147. The predicted molar refractivity (Wildman–Crippen MR) is 112 cm³/mol. The molecule has 5 rings (SSSR count). The average Bonchev–Trinajstić information content (AvgIpc) is 3.22. The molecule has 0 radical (unpaired) electrons. The number of hydrogen-bond acceptors (Lipinski definition) is 5. The molecule has 0 saturated carbocycles. The van der Waals surface area contributed by atoms with Crippen LogP contribution in [0.25, 0.3) is 33.0 Å². The summed E-state index contributed by atoms with van der Waals surface area (Å²) in [6.45, 7) is 2.15. The molecular formula is C23H19NO5S. The van der Waals surface area contributed by atoms with Gasteiger partial charge in [-0.25, -0.2) is 8.42 Å². The number of aryl methyl sites for hydroxylation is 2. The highest BCUT2D eigenvalue weighted by atomic mass is 32.2. The lowest BCUT2D eigenvalue weighted by molar-refractivity contribution is -0.683. The van der Waals surface area contributed by atoms with Gasteiger partial charge in [0, 0.05) is 17.2 Å². The monoisotopic (exact) mass is 421 g/mol. The van der Waals surface area contributed by atoms with Crippen LogP contribution >= 0.6 is 0 Å². The minimum Gasteiger partial charge on any atom is -0.747 e. The van der Waals surface area contributed by atoms with Crippen molar-refractivity contribution in [2.24, 2.45) is 0 Å². The van der Waals surface area contributed by atoms with Gasteiger partial charge in [0.25, 0.3) is 5.52 Å². The van der Waals surface area contributed by atoms with Crippen molar-refractivity contribution in [3.05, 3.63) is 78.2 Å². The van der Waals surface area contributed by atoms with Crippen molar-refractivity contribution in [2.75, 3.05) is 0 Å². The SMILES string of the molecule is Cc1oc2cc3c(cc2[n+]1CCC(c1ccccc1)S(=O)(=O)[O-])oc1ccccc13. The summed E-state index contributed by atoms with van der Waals surface area (Å²) in [5.41, 5.74) is 3.51. The first-order valence-corrected chi connectivity index (χ1v) is 11.1. The van der Waals surface area contributed by atoms with Crippen molar-refractivity contribution in [3.8, 4) is 0 Å². The van der Waals surface area contributed by atoms with Crippen LogP contribution in [0.4, 0.5) is 0 Å². The maximum Gasteiger partial charge on any atom is 0.344 e. The second-order valence-corrected chi connectivity index (χ2v) is 8.92. The van der Waals surface area contributed by atoms with Gasteiger partial charge in [-0.3, -0.25) is 0 Å². The Morgan fingerprint density at radius 1 is 0.900 bits per heavy atom. The van der Waals surface area contributed by atoms with Crippen molar-refractivity contribution in [1.82, 2.24) is 0 Å². The van der Waals surface area contributed by atoms with Gasteiger partial charge >= 0.3 is 5.89 Å². The number of oxazole rings is 1. The molecule has 0 aliphatic rings. The van der Waals surface area contributed by atoms with Crippen LogP contribution in [0, 0.1) is 6.92 Å². The number of rotatable bonds is 5. The molecule has 7 heteroatoms. The largest absolute Gasteiger partial charge is 0.747 e. The van der Waals surface area contributed by atoms with Gasteiger partial charge in [0.2, 0.25) is 5.58 Å². The highest BCUT2D eigenvalue weighted by Crippen LogP contribution is 2.32. The van der Waals surface area contributed by atoms with Crippen LogP contribution in [0.3, 0.4) is 0 Å². The molecule has 0 aliphatic carbocycles. The molecule has 0 spiro atoms. The summed E-state index contributed by atoms with van der Waals surface area (Å²) in [7, 11) is -4.50. The van der Waals surface area contributed by atoms with Crippen LogP contribution in [-0.4, -0.2) is 13.0 Å². The van der Waals surface area contributed by atoms with Gasteiger partial charge in [0.05, 0.1) is 18.2 Å². The van der Waals surface area contributed by atoms with Crippen LogP contribution in [0.15, 0.2) is 75.6 Å². The summed E-state index contributed by atoms with van der Waals surface area (Å²) >= 11 is 0. The zero-order valence-corrected chi connectivity index (χ0v) is 17.1. The second-order valence-electron chi connectivity index (χ2n) is 7.37. The maximum atomic E-state index is 11.9. The third-order valence-corrected chi connectivity index (χ3v) is 6.73. The number of para-hydroxylation sites is 1. The van der Waals surface area contributed by atoms with Gasteiger partial charge in [-0.1, -0.05) is 48.5 Å². The summed E-state index contributed by atoms with van der Waals surface area (Å²) < 4.78 is 49.5. The van der Waals surface area contributed by atoms with Crippen molar-refractivity contribution >= 4 is 43.2 Å². The standard InChI is InChI=1S/C23H19NO5S/c1-15-24(12-11-23(30(25,26)27)16-7-3-2-4-8-16)19-14-21-18(13-22(19)28-15)17-9-5-6-10-20(17)29-21/h2-10,13-14,23H,11-12H2,1H3. The minimum absolute atomic E-state index is 0.147. The van der Waals surface area contributed by atoms with Crippen LogP contribution in [0.1, 0.15) is 23.1 Å². The summed E-state index contributed by atoms with van der Waals surface area (Å²) in [6, 6.07) is 20.2. The number of aromatic nitrogens is 1. The lowest BCUT2D eigenvalue weighted by Crippen LogP contribution is -2.36. The predicted octanol–water partition coefficient (Wildman–Crippen LogP) is 4.60. The molecule has 30 heavy (non-hydrogen) atoms. The van der Waals surface area contributed by atoms with Crippen molar-refractivity contribution in [2.45, 2.75) is 25.1 Å². The molecule has 1 atom stereocenters. The quantitative estimate of drug-likeness (QED) is 0.306. The number of fused-ring (bicyclic) bond motifs is 4. The van der Waals surface area contributed by atoms with E-state index in [-0.39, 0.29) is 6.42 Å². The molecular weight excluding hydrogens is 402 g/mol. The topological polar surface area (TPSA) is 87.4 Å². The van der Waals surface area contributed by atoms with E-state index in [0.717, 1.165) is 27.5 Å². The van der Waals surface area contributed by atoms with E-state index in [0.29, 0.717) is 23.6 Å². The molecule has 2 heterocycles. The Balaban J connectivity index is 1.56. The van der Waals surface area contributed by atoms with E-state index < -0.39 is 15.4 Å². The van der Waals surface area contributed by atoms with E-state index in [1.54, 1.807) is 30.3 Å². The molecule has 5 aromatic rings. The lowest BCUT2D eigenvalue weighted by Gasteiger charge is -2.19. The molecule has 3 aromatic carbocycles. The summed E-state index contributed by atoms with van der Waals surface area (Å²) in [5, 5.41) is 0.852. The Bertz CT molecular complexity index is 1480. The number of furan rings is 1. The van der Waals surface area contributed by atoms with Crippen molar-refractivity contribution in [1.29, 1.82) is 0 Å². The normalized spacial score (nSPS) is 13.4. The van der Waals surface area contributed by atoms with Crippen LogP contribution in [0.2, 0.25) is 0 Å². The van der Waals surface area contributed by atoms with Crippen molar-refractivity contribution in [3.63, 3.8) is 0 Å². The molecule has 0 amide bonds. The minimum atomic E-state index is -4.50.